The molecule has 14 heavy (non-hydrogen) atoms. The predicted octanol–water partition coefficient (Wildman–Crippen LogP) is 1.29. The zero-order valence-corrected chi connectivity index (χ0v) is 7.94. The third kappa shape index (κ3) is 2.81. The quantitative estimate of drug-likeness (QED) is 0.765. The Kier molecular flexibility index (Phi) is 3.59. The first-order valence-corrected chi connectivity index (χ1v) is 4.39. The second kappa shape index (κ2) is 4.72. The second-order valence-corrected chi connectivity index (χ2v) is 2.99. The van der Waals surface area contributed by atoms with Crippen molar-refractivity contribution >= 4 is 5.70 Å². The van der Waals surface area contributed by atoms with E-state index in [0.29, 0.717) is 17.7 Å². The summed E-state index contributed by atoms with van der Waals surface area (Å²) in [4.78, 5) is 3.66. The van der Waals surface area contributed by atoms with E-state index in [0.717, 1.165) is 6.20 Å². The molecule has 0 spiro atoms. The molecule has 0 aromatic carbocycles. The number of aromatic nitrogens is 1. The molecule has 0 saturated heterocycles. The summed E-state index contributed by atoms with van der Waals surface area (Å²) in [7, 11) is 0. The largest absolute Gasteiger partial charge is 0.398 e. The molecular weight excluding hydrogens is 183 g/mol. The van der Waals surface area contributed by atoms with Gasteiger partial charge in [-0.15, -0.1) is 0 Å². The lowest BCUT2D eigenvalue weighted by molar-refractivity contribution is 0.219. The van der Waals surface area contributed by atoms with Crippen molar-refractivity contribution in [1.82, 2.24) is 4.98 Å². The van der Waals surface area contributed by atoms with Gasteiger partial charge in [0.15, 0.2) is 0 Å². The molecule has 3 nitrogen and oxygen atoms in total. The van der Waals surface area contributed by atoms with Gasteiger partial charge >= 0.3 is 0 Å². The van der Waals surface area contributed by atoms with Crippen LogP contribution in [0.3, 0.4) is 0 Å². The Bertz CT molecular complexity index is 339. The Labute approximate surface area is 82.1 Å². The molecule has 1 aromatic heterocycles. The highest BCUT2D eigenvalue weighted by molar-refractivity contribution is 5.62. The first-order valence-electron chi connectivity index (χ1n) is 4.39. The fraction of sp³-hybridized carbons (Fsp3) is 0.300. The summed E-state index contributed by atoms with van der Waals surface area (Å²) in [5.74, 6) is -0.440. The maximum absolute atomic E-state index is 12.7. The molecule has 0 fully saturated rings. The Morgan fingerprint density at radius 2 is 2.43 bits per heavy atom. The van der Waals surface area contributed by atoms with Gasteiger partial charge in [-0.1, -0.05) is 6.92 Å². The van der Waals surface area contributed by atoms with E-state index in [-0.39, 0.29) is 0 Å². The summed E-state index contributed by atoms with van der Waals surface area (Å²) in [5.41, 5.74) is 6.46. The van der Waals surface area contributed by atoms with Crippen LogP contribution in [0.5, 0.6) is 0 Å². The maximum Gasteiger partial charge on any atom is 0.142 e. The Morgan fingerprint density at radius 1 is 1.71 bits per heavy atom. The molecule has 0 bridgehead atoms. The zero-order chi connectivity index (χ0) is 10.6. The average Bonchev–Trinajstić information content (AvgIpc) is 2.17. The third-order valence-corrected chi connectivity index (χ3v) is 1.83. The van der Waals surface area contributed by atoms with Crippen molar-refractivity contribution in [3.8, 4) is 0 Å². The number of aliphatic hydroxyl groups excluding tert-OH is 1. The lowest BCUT2D eigenvalue weighted by Gasteiger charge is -2.04. The van der Waals surface area contributed by atoms with Gasteiger partial charge in [-0.05, 0) is 18.6 Å². The van der Waals surface area contributed by atoms with Gasteiger partial charge in [0, 0.05) is 17.5 Å². The summed E-state index contributed by atoms with van der Waals surface area (Å²) >= 11 is 0. The molecule has 3 N–H and O–H groups in total. The lowest BCUT2D eigenvalue weighted by Crippen LogP contribution is -2.05. The van der Waals surface area contributed by atoms with Crippen LogP contribution in [0.2, 0.25) is 0 Å². The molecule has 1 unspecified atom stereocenters. The van der Waals surface area contributed by atoms with Gasteiger partial charge in [-0.25, -0.2) is 4.39 Å². The molecule has 0 radical (unpaired) electrons. The molecule has 0 aliphatic heterocycles. The number of rotatable bonds is 3. The van der Waals surface area contributed by atoms with Crippen LogP contribution in [0.25, 0.3) is 5.70 Å². The van der Waals surface area contributed by atoms with E-state index < -0.39 is 11.9 Å². The van der Waals surface area contributed by atoms with Crippen molar-refractivity contribution in [2.24, 2.45) is 5.73 Å². The Balaban J connectivity index is 2.88. The summed E-state index contributed by atoms with van der Waals surface area (Å²) in [5, 5.41) is 9.29. The van der Waals surface area contributed by atoms with E-state index in [9.17, 15) is 9.50 Å². The molecule has 1 rings (SSSR count). The Hall–Kier alpha value is -1.42. The number of nitrogens with zero attached hydrogens (tertiary/aromatic N) is 1. The highest BCUT2D eigenvalue weighted by atomic mass is 19.1. The molecule has 1 atom stereocenters. The molecule has 76 valence electrons. The zero-order valence-electron chi connectivity index (χ0n) is 7.94. The number of pyridine rings is 1. The number of hydrogen-bond donors (Lipinski definition) is 2. The van der Waals surface area contributed by atoms with E-state index in [2.05, 4.69) is 4.98 Å². The van der Waals surface area contributed by atoms with Gasteiger partial charge in [-0.2, -0.15) is 0 Å². The molecule has 0 amide bonds. The average molecular weight is 196 g/mol. The minimum atomic E-state index is -0.599. The van der Waals surface area contributed by atoms with Crippen LogP contribution in [-0.2, 0) is 0 Å². The minimum absolute atomic E-state index is 0.339. The molecule has 1 heterocycles. The standard InChI is InChI=1S/C10H13FN2O/c1-2-9(14)4-10(12)7-3-8(11)6-13-5-7/h3-6,9,14H,2,12H2,1H3/b10-4-. The first kappa shape index (κ1) is 10.7. The molecule has 4 heteroatoms. The SMILES string of the molecule is CCC(O)/C=C(\N)c1cncc(F)c1. The first-order chi connectivity index (χ1) is 6.63. The van der Waals surface area contributed by atoms with Crippen LogP contribution >= 0.6 is 0 Å². The summed E-state index contributed by atoms with van der Waals surface area (Å²) < 4.78 is 12.7. The fourth-order valence-corrected chi connectivity index (χ4v) is 0.991. The summed E-state index contributed by atoms with van der Waals surface area (Å²) in [6.07, 6.45) is 4.02. The van der Waals surface area contributed by atoms with Crippen molar-refractivity contribution in [2.45, 2.75) is 19.4 Å². The van der Waals surface area contributed by atoms with Gasteiger partial charge in [0.1, 0.15) is 5.82 Å². The number of aliphatic hydroxyl groups is 1. The summed E-state index contributed by atoms with van der Waals surface area (Å²) in [6, 6.07) is 1.28. The van der Waals surface area contributed by atoms with Crippen molar-refractivity contribution in [2.75, 3.05) is 0 Å². The van der Waals surface area contributed by atoms with Gasteiger partial charge in [0.2, 0.25) is 0 Å². The topological polar surface area (TPSA) is 59.1 Å². The smallest absolute Gasteiger partial charge is 0.142 e. The minimum Gasteiger partial charge on any atom is -0.398 e. The summed E-state index contributed by atoms with van der Waals surface area (Å²) in [6.45, 7) is 1.83. The van der Waals surface area contributed by atoms with Crippen molar-refractivity contribution in [1.29, 1.82) is 0 Å². The fourth-order valence-electron chi connectivity index (χ4n) is 0.991. The van der Waals surface area contributed by atoms with Crippen molar-refractivity contribution < 1.29 is 9.50 Å². The molecular formula is C10H13FN2O. The van der Waals surface area contributed by atoms with E-state index in [1.807, 2.05) is 6.92 Å². The van der Waals surface area contributed by atoms with E-state index in [4.69, 9.17) is 5.73 Å². The predicted molar refractivity (Wildman–Crippen MR) is 52.7 cm³/mol. The molecule has 0 aliphatic rings. The Morgan fingerprint density at radius 3 is 3.00 bits per heavy atom. The maximum atomic E-state index is 12.7. The van der Waals surface area contributed by atoms with E-state index >= 15 is 0 Å². The highest BCUT2D eigenvalue weighted by Gasteiger charge is 2.02. The van der Waals surface area contributed by atoms with E-state index in [1.54, 1.807) is 0 Å². The number of halogens is 1. The van der Waals surface area contributed by atoms with Crippen molar-refractivity contribution in [3.63, 3.8) is 0 Å². The monoisotopic (exact) mass is 196 g/mol. The van der Waals surface area contributed by atoms with Gasteiger partial charge in [-0.3, -0.25) is 4.98 Å². The van der Waals surface area contributed by atoms with Crippen LogP contribution in [-0.4, -0.2) is 16.2 Å². The van der Waals surface area contributed by atoms with Crippen LogP contribution in [0.1, 0.15) is 18.9 Å². The third-order valence-electron chi connectivity index (χ3n) is 1.83. The van der Waals surface area contributed by atoms with Crippen LogP contribution in [0.15, 0.2) is 24.5 Å². The molecule has 1 aromatic rings. The highest BCUT2D eigenvalue weighted by Crippen LogP contribution is 2.10. The second-order valence-electron chi connectivity index (χ2n) is 2.99. The van der Waals surface area contributed by atoms with Gasteiger partial charge < -0.3 is 10.8 Å². The van der Waals surface area contributed by atoms with Crippen LogP contribution in [0, 0.1) is 5.82 Å². The number of nitrogens with two attached hydrogens (primary N) is 1. The van der Waals surface area contributed by atoms with Gasteiger partial charge in [0.25, 0.3) is 0 Å². The normalized spacial score (nSPS) is 14.1. The lowest BCUT2D eigenvalue weighted by atomic mass is 10.1. The molecule has 0 aliphatic carbocycles. The van der Waals surface area contributed by atoms with Gasteiger partial charge in [0.05, 0.1) is 12.3 Å². The van der Waals surface area contributed by atoms with Crippen LogP contribution < -0.4 is 5.73 Å². The van der Waals surface area contributed by atoms with Crippen molar-refractivity contribution in [3.05, 3.63) is 35.9 Å². The van der Waals surface area contributed by atoms with E-state index in [1.165, 1.54) is 18.3 Å². The molecule has 0 saturated carbocycles. The number of hydrogen-bond acceptors (Lipinski definition) is 3. The van der Waals surface area contributed by atoms with Crippen LogP contribution in [0.4, 0.5) is 4.39 Å².